The van der Waals surface area contributed by atoms with Gasteiger partial charge in [-0.15, -0.1) is 0 Å². The normalized spacial score (nSPS) is 12.6. The molecule has 0 fully saturated rings. The van der Waals surface area contributed by atoms with Crippen LogP contribution in [-0.2, 0) is 14.2 Å². The van der Waals surface area contributed by atoms with Gasteiger partial charge in [0.25, 0.3) is 0 Å². The minimum atomic E-state index is -0.441. The molecule has 0 aromatic carbocycles. The summed E-state index contributed by atoms with van der Waals surface area (Å²) in [6.45, 7) is 10.2. The Morgan fingerprint density at radius 2 is 1.10 bits per heavy atom. The fraction of sp³-hybridized carbons (Fsp3) is 1.00. The van der Waals surface area contributed by atoms with Gasteiger partial charge in [-0.1, -0.05) is 26.7 Å². The molecule has 0 spiro atoms. The van der Waals surface area contributed by atoms with Crippen LogP contribution >= 0.6 is 0 Å². The fourth-order valence-corrected chi connectivity index (χ4v) is 1.00. The monoisotopic (exact) mass is 310 g/mol. The van der Waals surface area contributed by atoms with Crippen LogP contribution in [0.25, 0.3) is 0 Å². The van der Waals surface area contributed by atoms with Gasteiger partial charge in [0.1, 0.15) is 0 Å². The maximum Gasteiger partial charge on any atom is 0.0745 e. The average molecular weight is 310 g/mol. The van der Waals surface area contributed by atoms with Crippen LogP contribution in [0.3, 0.4) is 0 Å². The van der Waals surface area contributed by atoms with Crippen LogP contribution in [0.2, 0.25) is 0 Å². The fourth-order valence-electron chi connectivity index (χ4n) is 1.00. The molecule has 0 aromatic heterocycles. The second kappa shape index (κ2) is 24.8. The lowest BCUT2D eigenvalue weighted by Gasteiger charge is -2.06. The first-order valence-corrected chi connectivity index (χ1v) is 7.87. The lowest BCUT2D eigenvalue weighted by Crippen LogP contribution is -2.16. The molecule has 5 heteroatoms. The summed E-state index contributed by atoms with van der Waals surface area (Å²) in [6.07, 6.45) is 4.03. The highest BCUT2D eigenvalue weighted by Gasteiger charge is 1.97. The minimum absolute atomic E-state index is 0.297. The Morgan fingerprint density at radius 3 is 1.33 bits per heavy atom. The van der Waals surface area contributed by atoms with Crippen LogP contribution in [0.4, 0.5) is 0 Å². The van der Waals surface area contributed by atoms with Crippen LogP contribution in [0.5, 0.6) is 0 Å². The third-order valence-electron chi connectivity index (χ3n) is 2.00. The summed E-state index contributed by atoms with van der Waals surface area (Å²) < 4.78 is 14.4. The molecule has 0 aromatic rings. The van der Waals surface area contributed by atoms with Crippen LogP contribution in [0.15, 0.2) is 0 Å². The number of methoxy groups -OCH3 is 1. The molecule has 132 valence electrons. The van der Waals surface area contributed by atoms with Gasteiger partial charge in [-0.05, 0) is 26.7 Å². The van der Waals surface area contributed by atoms with Crippen molar-refractivity contribution >= 4 is 0 Å². The maximum atomic E-state index is 8.66. The zero-order valence-corrected chi connectivity index (χ0v) is 14.9. The first kappa shape index (κ1) is 25.7. The molecule has 0 heterocycles. The average Bonchev–Trinajstić information content (AvgIpc) is 2.39. The quantitative estimate of drug-likeness (QED) is 0.607. The predicted molar refractivity (Wildman–Crippen MR) is 87.7 cm³/mol. The summed E-state index contributed by atoms with van der Waals surface area (Å²) in [7, 11) is 3.25. The van der Waals surface area contributed by atoms with Crippen molar-refractivity contribution in [2.45, 2.75) is 65.6 Å². The van der Waals surface area contributed by atoms with Crippen molar-refractivity contribution in [3.8, 4) is 0 Å². The molecule has 21 heavy (non-hydrogen) atoms. The molecular weight excluding hydrogens is 272 g/mol. The van der Waals surface area contributed by atoms with Gasteiger partial charge < -0.3 is 24.4 Å². The smallest absolute Gasteiger partial charge is 0.0745 e. The van der Waals surface area contributed by atoms with E-state index in [-0.39, 0.29) is 0 Å². The van der Waals surface area contributed by atoms with Crippen molar-refractivity contribution in [2.24, 2.45) is 0 Å². The maximum absolute atomic E-state index is 8.66. The Bertz CT molecular complexity index is 138. The molecule has 0 bridgehead atoms. The summed E-state index contributed by atoms with van der Waals surface area (Å²) in [5, 5.41) is 17.3. The summed E-state index contributed by atoms with van der Waals surface area (Å²) in [6, 6.07) is 0. The number of ether oxygens (including phenoxy) is 3. The lowest BCUT2D eigenvalue weighted by molar-refractivity contribution is 0.00392. The van der Waals surface area contributed by atoms with Crippen LogP contribution < -0.4 is 0 Å². The van der Waals surface area contributed by atoms with Crippen LogP contribution in [0.1, 0.15) is 53.4 Å². The summed E-state index contributed by atoms with van der Waals surface area (Å²) in [5.74, 6) is 0. The highest BCUT2D eigenvalue weighted by Crippen LogP contribution is 1.91. The van der Waals surface area contributed by atoms with E-state index >= 15 is 0 Å². The van der Waals surface area contributed by atoms with Crippen molar-refractivity contribution in [1.82, 2.24) is 0 Å². The van der Waals surface area contributed by atoms with E-state index < -0.39 is 12.2 Å². The van der Waals surface area contributed by atoms with Crippen molar-refractivity contribution in [2.75, 3.05) is 40.6 Å². The summed E-state index contributed by atoms with van der Waals surface area (Å²) in [4.78, 5) is 0. The van der Waals surface area contributed by atoms with E-state index in [0.717, 1.165) is 13.2 Å². The van der Waals surface area contributed by atoms with Gasteiger partial charge in [-0.25, -0.2) is 0 Å². The van der Waals surface area contributed by atoms with Crippen LogP contribution in [0, 0.1) is 0 Å². The highest BCUT2D eigenvalue weighted by molar-refractivity contribution is 4.45. The summed E-state index contributed by atoms with van der Waals surface area (Å²) >= 11 is 0. The summed E-state index contributed by atoms with van der Waals surface area (Å²) in [5.41, 5.74) is 0. The Labute approximate surface area is 131 Å². The Kier molecular flexibility index (Phi) is 30.4. The van der Waals surface area contributed by atoms with Gasteiger partial charge in [0.15, 0.2) is 0 Å². The molecule has 0 aliphatic carbocycles. The Hall–Kier alpha value is -0.200. The second-order valence-electron chi connectivity index (χ2n) is 4.96. The van der Waals surface area contributed by atoms with E-state index in [1.807, 2.05) is 0 Å². The minimum Gasteiger partial charge on any atom is -0.391 e. The van der Waals surface area contributed by atoms with Crippen molar-refractivity contribution in [3.05, 3.63) is 0 Å². The third kappa shape index (κ3) is 45.1. The zero-order chi connectivity index (χ0) is 16.9. The van der Waals surface area contributed by atoms with Crippen molar-refractivity contribution in [1.29, 1.82) is 0 Å². The largest absolute Gasteiger partial charge is 0.391 e. The Morgan fingerprint density at radius 1 is 0.762 bits per heavy atom. The molecule has 0 aliphatic heterocycles. The number of hydrogen-bond acceptors (Lipinski definition) is 5. The number of rotatable bonds is 10. The molecule has 2 unspecified atom stereocenters. The first-order chi connectivity index (χ1) is 9.95. The molecule has 5 nitrogen and oxygen atoms in total. The van der Waals surface area contributed by atoms with Gasteiger partial charge in [0.2, 0.25) is 0 Å². The van der Waals surface area contributed by atoms with E-state index in [9.17, 15) is 0 Å². The van der Waals surface area contributed by atoms with Gasteiger partial charge in [0.05, 0.1) is 25.4 Å². The number of aliphatic hydroxyl groups excluding tert-OH is 2. The molecular formula is C16H38O5. The molecule has 0 amide bonds. The predicted octanol–water partition coefficient (Wildman–Crippen LogP) is 2.63. The number of unbranched alkanes of at least 4 members (excludes halogenated alkanes) is 2. The van der Waals surface area contributed by atoms with E-state index in [0.29, 0.717) is 13.2 Å². The van der Waals surface area contributed by atoms with Gasteiger partial charge >= 0.3 is 0 Å². The standard InChI is InChI=1S/C8H18O.C6H14O3.C2H6O/c1-3-5-7-9-8-6-4-2;1-5(7)3-9-4-6(2)8;1-3-2/h3-8H2,1-2H3;5-8H,3-4H2,1-2H3;1-2H3. The third-order valence-corrected chi connectivity index (χ3v) is 2.00. The highest BCUT2D eigenvalue weighted by atomic mass is 16.5. The molecule has 0 radical (unpaired) electrons. The molecule has 0 saturated heterocycles. The Balaban J connectivity index is -0.000000260. The van der Waals surface area contributed by atoms with Gasteiger partial charge in [-0.2, -0.15) is 0 Å². The van der Waals surface area contributed by atoms with Crippen molar-refractivity contribution < 1.29 is 24.4 Å². The molecule has 2 atom stereocenters. The van der Waals surface area contributed by atoms with E-state index in [4.69, 9.17) is 19.7 Å². The molecule has 2 N–H and O–H groups in total. The van der Waals surface area contributed by atoms with Crippen LogP contribution in [-0.4, -0.2) is 63.1 Å². The molecule has 0 aliphatic rings. The molecule has 0 rings (SSSR count). The topological polar surface area (TPSA) is 68.2 Å². The SMILES string of the molecule is CC(O)COCC(C)O.CCCCOCCCC.COC. The number of hydrogen-bond donors (Lipinski definition) is 2. The number of aliphatic hydroxyl groups is 2. The van der Waals surface area contributed by atoms with E-state index in [2.05, 4.69) is 18.6 Å². The van der Waals surface area contributed by atoms with E-state index in [1.165, 1.54) is 25.7 Å². The van der Waals surface area contributed by atoms with Crippen molar-refractivity contribution in [3.63, 3.8) is 0 Å². The first-order valence-electron chi connectivity index (χ1n) is 7.87. The van der Waals surface area contributed by atoms with Gasteiger partial charge in [0, 0.05) is 27.4 Å². The lowest BCUT2D eigenvalue weighted by atomic mass is 10.3. The molecule has 0 saturated carbocycles. The zero-order valence-electron chi connectivity index (χ0n) is 14.9. The second-order valence-corrected chi connectivity index (χ2v) is 4.96. The van der Waals surface area contributed by atoms with E-state index in [1.54, 1.807) is 28.1 Å². The van der Waals surface area contributed by atoms with Gasteiger partial charge in [-0.3, -0.25) is 0 Å².